The highest BCUT2D eigenvalue weighted by Gasteiger charge is 2.77. The van der Waals surface area contributed by atoms with Gasteiger partial charge in [-0.1, -0.05) is 0 Å². The molecule has 0 aliphatic rings. The highest BCUT2D eigenvalue weighted by molar-refractivity contribution is 8.87. The Morgan fingerprint density at radius 2 is 0.719 bits per heavy atom. The summed E-state index contributed by atoms with van der Waals surface area (Å²) in [6.07, 6.45) is -13.7. The second kappa shape index (κ2) is 9.49. The second-order valence-electron chi connectivity index (χ2n) is 5.96. The van der Waals surface area contributed by atoms with E-state index in [2.05, 4.69) is 10.2 Å². The number of rotatable bonds is 6. The van der Waals surface area contributed by atoms with Gasteiger partial charge in [0.05, 0.1) is 0 Å². The van der Waals surface area contributed by atoms with Crippen LogP contribution in [0.15, 0.2) is 10.2 Å². The fourth-order valence-electron chi connectivity index (χ4n) is 1.33. The highest BCUT2D eigenvalue weighted by atomic mass is 33.1. The predicted octanol–water partition coefficient (Wildman–Crippen LogP) is 5.78. The Morgan fingerprint density at radius 1 is 0.500 bits per heavy atom. The molecule has 0 aromatic heterocycles. The van der Waals surface area contributed by atoms with Crippen LogP contribution in [0.3, 0.4) is 0 Å². The van der Waals surface area contributed by atoms with Crippen LogP contribution in [0, 0.1) is 0 Å². The molecule has 0 saturated heterocycles. The van der Waals surface area contributed by atoms with Gasteiger partial charge in [-0.2, -0.15) is 71.7 Å². The Bertz CT molecular complexity index is 651. The van der Waals surface area contributed by atoms with Crippen LogP contribution < -0.4 is 0 Å². The molecule has 0 aromatic carbocycles. The predicted molar refractivity (Wildman–Crippen MR) is 89.3 cm³/mol. The molecule has 0 aliphatic heterocycles. The molecule has 0 aliphatic carbocycles. The zero-order valence-corrected chi connectivity index (χ0v) is 17.5. The fourth-order valence-corrected chi connectivity index (χ4v) is 3.65. The van der Waals surface area contributed by atoms with E-state index in [0.717, 1.165) is 28.2 Å². The van der Waals surface area contributed by atoms with Crippen molar-refractivity contribution in [2.24, 2.45) is 10.2 Å². The molecule has 0 aromatic rings. The Labute approximate surface area is 178 Å². The molecule has 0 saturated carbocycles. The zero-order chi connectivity index (χ0) is 26.1. The summed E-state index contributed by atoms with van der Waals surface area (Å²) in [7, 11) is 0.642. The monoisotopic (exact) mass is 542 g/mol. The van der Waals surface area contributed by atoms with E-state index in [0.29, 0.717) is 0 Å². The van der Waals surface area contributed by atoms with Gasteiger partial charge in [-0.3, -0.25) is 0 Å². The Morgan fingerprint density at radius 3 is 0.875 bits per heavy atom. The van der Waals surface area contributed by atoms with Crippen molar-refractivity contribution in [3.8, 4) is 0 Å². The lowest BCUT2D eigenvalue weighted by molar-refractivity contribution is -0.336. The van der Waals surface area contributed by atoms with Crippen LogP contribution in [-0.2, 0) is 0 Å². The van der Waals surface area contributed by atoms with Crippen LogP contribution >= 0.6 is 21.6 Å². The van der Waals surface area contributed by atoms with Crippen LogP contribution in [-0.4, -0.2) is 84.3 Å². The Balaban J connectivity index is 6.42. The van der Waals surface area contributed by atoms with Gasteiger partial charge < -0.3 is 10.0 Å². The summed E-state index contributed by atoms with van der Waals surface area (Å²) in [5, 5.41) is 0.614. The number of halogens is 14. The molecule has 0 rings (SSSR count). The molecule has 190 valence electrons. The third-order valence-electron chi connectivity index (χ3n) is 2.82. The molecule has 0 spiro atoms. The third kappa shape index (κ3) is 6.16. The quantitative estimate of drug-likeness (QED) is 0.140. The van der Waals surface area contributed by atoms with Crippen molar-refractivity contribution in [1.29, 1.82) is 0 Å². The molecule has 4 nitrogen and oxygen atoms in total. The summed E-state index contributed by atoms with van der Waals surface area (Å²) in [5.41, 5.74) is 0. The zero-order valence-electron chi connectivity index (χ0n) is 15.9. The van der Waals surface area contributed by atoms with Gasteiger partial charge >= 0.3 is 36.0 Å². The lowest BCUT2D eigenvalue weighted by Crippen LogP contribution is -2.56. The van der Waals surface area contributed by atoms with Gasteiger partial charge in [-0.25, -0.2) is 0 Å². The Kier molecular flexibility index (Phi) is 9.10. The maximum Gasteiger partial charge on any atom is 0.460 e. The topological polar surface area (TPSA) is 31.2 Å². The van der Waals surface area contributed by atoms with Gasteiger partial charge in [0, 0.05) is 28.2 Å². The van der Waals surface area contributed by atoms with Crippen LogP contribution in [0.5, 0.6) is 0 Å². The van der Waals surface area contributed by atoms with Crippen LogP contribution in [0.1, 0.15) is 0 Å². The molecule has 0 heterocycles. The van der Waals surface area contributed by atoms with Crippen LogP contribution in [0.25, 0.3) is 0 Å². The van der Waals surface area contributed by atoms with Gasteiger partial charge in [0.2, 0.25) is 0 Å². The van der Waals surface area contributed by atoms with E-state index < -0.39 is 67.7 Å². The van der Waals surface area contributed by atoms with Gasteiger partial charge in [-0.05, 0) is 21.6 Å². The average Bonchev–Trinajstić information content (AvgIpc) is 2.53. The maximum atomic E-state index is 13.9. The minimum absolute atomic E-state index is 0.231. The molecule has 0 N–H and O–H groups in total. The van der Waals surface area contributed by atoms with E-state index in [-0.39, 0.29) is 10.0 Å². The molecule has 32 heavy (non-hydrogen) atoms. The van der Waals surface area contributed by atoms with Gasteiger partial charge in [-0.15, -0.1) is 0 Å². The minimum Gasteiger partial charge on any atom is -0.302 e. The average molecular weight is 542 g/mol. The van der Waals surface area contributed by atoms with E-state index in [4.69, 9.17) is 0 Å². The minimum atomic E-state index is -6.87. The first-order valence-corrected chi connectivity index (χ1v) is 9.51. The lowest BCUT2D eigenvalue weighted by Gasteiger charge is -2.30. The SMILES string of the molecule is CN(C)/N=C(\SS/C(=N/N(C)C)C(F)(F)C(F)(F)C(F)(F)F)C(F)(F)C(F)(F)C(F)(F)F. The number of alkyl halides is 14. The van der Waals surface area contributed by atoms with Crippen molar-refractivity contribution in [1.82, 2.24) is 10.0 Å². The van der Waals surface area contributed by atoms with Gasteiger partial charge in [0.25, 0.3) is 0 Å². The number of hydrogen-bond acceptors (Lipinski definition) is 6. The first kappa shape index (κ1) is 30.7. The van der Waals surface area contributed by atoms with E-state index in [9.17, 15) is 61.5 Å². The van der Waals surface area contributed by atoms with Crippen LogP contribution in [0.4, 0.5) is 61.5 Å². The fraction of sp³-hybridized carbons (Fsp3) is 0.833. The van der Waals surface area contributed by atoms with E-state index in [1.165, 1.54) is 0 Å². The lowest BCUT2D eigenvalue weighted by atomic mass is 10.2. The smallest absolute Gasteiger partial charge is 0.302 e. The summed E-state index contributed by atoms with van der Waals surface area (Å²) in [6, 6.07) is 0. The second-order valence-corrected chi connectivity index (χ2v) is 8.07. The van der Waals surface area contributed by atoms with E-state index >= 15 is 0 Å². The summed E-state index contributed by atoms with van der Waals surface area (Å²) in [6.45, 7) is 0. The Hall–Kier alpha value is -1.34. The van der Waals surface area contributed by atoms with Crippen molar-refractivity contribution < 1.29 is 61.5 Å². The first-order chi connectivity index (χ1) is 13.8. The molecule has 0 radical (unpaired) electrons. The number of nitrogens with zero attached hydrogens (tertiary/aromatic N) is 4. The molecule has 0 bridgehead atoms. The number of hydrogen-bond donors (Lipinski definition) is 0. The molecule has 0 fully saturated rings. The molecular formula is C12H12F14N4S2. The van der Waals surface area contributed by atoms with Crippen molar-refractivity contribution in [3.05, 3.63) is 0 Å². The van der Waals surface area contributed by atoms with E-state index in [1.54, 1.807) is 0 Å². The standard InChI is InChI=1S/C12H12F14N4S2/c1-29(2)27-5(7(13,14)9(17,18)11(21,22)23)31-32-6(28-30(3)4)8(15,16)10(19,20)12(24,25)26/h1-4H3/b27-5-,28-6+. The highest BCUT2D eigenvalue weighted by Crippen LogP contribution is 2.53. The largest absolute Gasteiger partial charge is 0.460 e. The van der Waals surface area contributed by atoms with Crippen molar-refractivity contribution in [3.63, 3.8) is 0 Å². The van der Waals surface area contributed by atoms with Crippen molar-refractivity contribution >= 4 is 31.7 Å². The van der Waals surface area contributed by atoms with E-state index in [1.807, 2.05) is 0 Å². The summed E-state index contributed by atoms with van der Waals surface area (Å²) < 4.78 is 183. The summed E-state index contributed by atoms with van der Waals surface area (Å²) in [5.74, 6) is -26.1. The number of hydrazone groups is 2. The first-order valence-electron chi connectivity index (χ1n) is 7.36. The van der Waals surface area contributed by atoms with Crippen LogP contribution in [0.2, 0.25) is 0 Å². The molecule has 20 heteroatoms. The summed E-state index contributed by atoms with van der Waals surface area (Å²) in [4.78, 5) is 0. The van der Waals surface area contributed by atoms with Crippen molar-refractivity contribution in [2.75, 3.05) is 28.2 Å². The molecular weight excluding hydrogens is 530 g/mol. The molecule has 0 amide bonds. The molecule has 0 atom stereocenters. The maximum absolute atomic E-state index is 13.9. The third-order valence-corrected chi connectivity index (χ3v) is 5.09. The molecule has 0 unspecified atom stereocenters. The summed E-state index contributed by atoms with van der Waals surface area (Å²) >= 11 is 0. The normalized spacial score (nSPS) is 15.8. The van der Waals surface area contributed by atoms with Gasteiger partial charge in [0.1, 0.15) is 0 Å². The van der Waals surface area contributed by atoms with Crippen molar-refractivity contribution in [2.45, 2.75) is 36.0 Å². The van der Waals surface area contributed by atoms with Gasteiger partial charge in [0.15, 0.2) is 10.1 Å².